The highest BCUT2D eigenvalue weighted by Crippen LogP contribution is 2.40. The molecule has 3 N–H and O–H groups in total. The van der Waals surface area contributed by atoms with Crippen LogP contribution in [0.25, 0.3) is 33.1 Å². The molecule has 1 fully saturated rings. The van der Waals surface area contributed by atoms with Crippen LogP contribution in [-0.2, 0) is 6.54 Å². The number of aromatic nitrogens is 5. The normalized spacial score (nSPS) is 20.0. The lowest BCUT2D eigenvalue weighted by atomic mass is 9.81. The van der Waals surface area contributed by atoms with Crippen LogP contribution in [0.1, 0.15) is 47.8 Å². The van der Waals surface area contributed by atoms with Crippen molar-refractivity contribution in [3.8, 4) is 11.3 Å². The zero-order valence-electron chi connectivity index (χ0n) is 20.4. The number of halogens is 1. The summed E-state index contributed by atoms with van der Waals surface area (Å²) in [6.45, 7) is 2.11. The minimum Gasteiger partial charge on any atom is -0.388 e. The number of primary amides is 1. The lowest BCUT2D eigenvalue weighted by Gasteiger charge is -2.37. The predicted molar refractivity (Wildman–Crippen MR) is 138 cm³/mol. The third-order valence-corrected chi connectivity index (χ3v) is 7.36. The average molecular weight is 499 g/mol. The summed E-state index contributed by atoms with van der Waals surface area (Å²) in [5.41, 5.74) is 8.65. The van der Waals surface area contributed by atoms with Gasteiger partial charge in [-0.3, -0.25) is 19.1 Å². The number of hydrogen-bond acceptors (Lipinski definition) is 5. The van der Waals surface area contributed by atoms with Crippen LogP contribution in [0.15, 0.2) is 60.9 Å². The number of carbonyl (C=O) groups excluding carboxylic acids is 1. The fourth-order valence-electron chi connectivity index (χ4n) is 5.64. The quantitative estimate of drug-likeness (QED) is 0.370. The molecule has 3 heterocycles. The third-order valence-electron chi connectivity index (χ3n) is 7.36. The van der Waals surface area contributed by atoms with E-state index in [2.05, 4.69) is 10.1 Å². The van der Waals surface area contributed by atoms with Crippen molar-refractivity contribution in [2.75, 3.05) is 0 Å². The number of hydrogen-bond donors (Lipinski definition) is 2. The van der Waals surface area contributed by atoms with Crippen molar-refractivity contribution in [3.05, 3.63) is 78.0 Å². The number of para-hydroxylation sites is 1. The largest absolute Gasteiger partial charge is 0.388 e. The Morgan fingerprint density at radius 1 is 1.24 bits per heavy atom. The molecule has 37 heavy (non-hydrogen) atoms. The van der Waals surface area contributed by atoms with Crippen LogP contribution < -0.4 is 5.73 Å². The van der Waals surface area contributed by atoms with Crippen molar-refractivity contribution in [3.63, 3.8) is 0 Å². The van der Waals surface area contributed by atoms with Crippen molar-refractivity contribution < 1.29 is 14.3 Å². The van der Waals surface area contributed by atoms with Gasteiger partial charge in [0, 0.05) is 40.2 Å². The van der Waals surface area contributed by atoms with Crippen molar-refractivity contribution >= 4 is 27.7 Å². The van der Waals surface area contributed by atoms with Gasteiger partial charge < -0.3 is 10.8 Å². The van der Waals surface area contributed by atoms with E-state index < -0.39 is 11.5 Å². The summed E-state index contributed by atoms with van der Waals surface area (Å²) < 4.78 is 18.1. The highest BCUT2D eigenvalue weighted by molar-refractivity contribution is 6.01. The lowest BCUT2D eigenvalue weighted by molar-refractivity contribution is -0.0302. The van der Waals surface area contributed by atoms with Gasteiger partial charge in [0.15, 0.2) is 0 Å². The maximum absolute atomic E-state index is 14.6. The molecule has 0 bridgehead atoms. The van der Waals surface area contributed by atoms with E-state index in [1.54, 1.807) is 35.3 Å². The first-order valence-electron chi connectivity index (χ1n) is 12.4. The first-order chi connectivity index (χ1) is 17.8. The number of benzene rings is 2. The van der Waals surface area contributed by atoms with E-state index in [4.69, 9.17) is 10.8 Å². The molecule has 0 spiro atoms. The maximum atomic E-state index is 14.6. The molecule has 9 heteroatoms. The van der Waals surface area contributed by atoms with Gasteiger partial charge in [-0.1, -0.05) is 12.1 Å². The van der Waals surface area contributed by atoms with Gasteiger partial charge in [0.1, 0.15) is 17.0 Å². The molecule has 1 aliphatic rings. The second kappa shape index (κ2) is 8.77. The summed E-state index contributed by atoms with van der Waals surface area (Å²) in [6, 6.07) is 14.0. The van der Waals surface area contributed by atoms with E-state index in [1.807, 2.05) is 35.9 Å². The number of nitrogens with two attached hydrogens (primary N) is 1. The Balaban J connectivity index is 1.40. The van der Waals surface area contributed by atoms with E-state index in [1.165, 1.54) is 6.07 Å². The van der Waals surface area contributed by atoms with Crippen LogP contribution in [0, 0.1) is 12.7 Å². The first-order valence-corrected chi connectivity index (χ1v) is 12.4. The summed E-state index contributed by atoms with van der Waals surface area (Å²) >= 11 is 0. The molecule has 188 valence electrons. The monoisotopic (exact) mass is 498 g/mol. The Kier molecular flexibility index (Phi) is 5.52. The summed E-state index contributed by atoms with van der Waals surface area (Å²) in [5, 5.41) is 22.6. The highest BCUT2D eigenvalue weighted by Gasteiger charge is 2.37. The van der Waals surface area contributed by atoms with Gasteiger partial charge in [-0.05, 0) is 62.6 Å². The molecule has 8 nitrogen and oxygen atoms in total. The molecule has 2 aromatic carbocycles. The molecule has 2 unspecified atom stereocenters. The predicted octanol–water partition coefficient (Wildman–Crippen LogP) is 4.54. The SMILES string of the molecule is Cc1cc(-c2nn(C3CCCC(O)(Cn4ncc5cccc(F)c54)C3)c3ccc(C(N)=O)cc23)ccn1. The van der Waals surface area contributed by atoms with Gasteiger partial charge in [-0.25, -0.2) is 4.39 Å². The molecule has 3 aromatic heterocycles. The van der Waals surface area contributed by atoms with Crippen molar-refractivity contribution in [2.24, 2.45) is 5.73 Å². The van der Waals surface area contributed by atoms with E-state index in [-0.39, 0.29) is 18.4 Å². The lowest BCUT2D eigenvalue weighted by Crippen LogP contribution is -2.40. The van der Waals surface area contributed by atoms with Crippen LogP contribution in [0.4, 0.5) is 4.39 Å². The summed E-state index contributed by atoms with van der Waals surface area (Å²) in [6.07, 6.45) is 6.00. The number of fused-ring (bicyclic) bond motifs is 2. The number of rotatable bonds is 5. The number of aryl methyl sites for hydroxylation is 1. The van der Waals surface area contributed by atoms with Gasteiger partial charge in [-0.2, -0.15) is 10.2 Å². The Bertz CT molecular complexity index is 1660. The number of pyridine rings is 1. The minimum absolute atomic E-state index is 0.0935. The fraction of sp³-hybridized carbons (Fsp3) is 0.286. The summed E-state index contributed by atoms with van der Waals surface area (Å²) in [7, 11) is 0. The van der Waals surface area contributed by atoms with Crippen LogP contribution >= 0.6 is 0 Å². The Hall–Kier alpha value is -4.11. The number of aliphatic hydroxyl groups is 1. The molecule has 6 rings (SSSR count). The van der Waals surface area contributed by atoms with E-state index in [9.17, 15) is 14.3 Å². The topological polar surface area (TPSA) is 112 Å². The summed E-state index contributed by atoms with van der Waals surface area (Å²) in [4.78, 5) is 16.2. The number of amides is 1. The van der Waals surface area contributed by atoms with E-state index in [0.717, 1.165) is 40.7 Å². The zero-order valence-corrected chi connectivity index (χ0v) is 20.4. The molecule has 0 radical (unpaired) electrons. The number of carbonyl (C=O) groups is 1. The highest BCUT2D eigenvalue weighted by atomic mass is 19.1. The maximum Gasteiger partial charge on any atom is 0.248 e. The molecular weight excluding hydrogens is 471 g/mol. The molecule has 5 aromatic rings. The second-order valence-electron chi connectivity index (χ2n) is 10.0. The molecule has 2 atom stereocenters. The third kappa shape index (κ3) is 4.15. The summed E-state index contributed by atoms with van der Waals surface area (Å²) in [5.74, 6) is -0.858. The Labute approximate surface area is 212 Å². The van der Waals surface area contributed by atoms with Crippen molar-refractivity contribution in [1.29, 1.82) is 0 Å². The molecular formula is C28H27FN6O2. The Morgan fingerprint density at radius 2 is 2.11 bits per heavy atom. The second-order valence-corrected chi connectivity index (χ2v) is 10.0. The van der Waals surface area contributed by atoms with Gasteiger partial charge >= 0.3 is 0 Å². The number of nitrogens with zero attached hydrogens (tertiary/aromatic N) is 5. The average Bonchev–Trinajstić information content (AvgIpc) is 3.46. The van der Waals surface area contributed by atoms with Crippen molar-refractivity contribution in [2.45, 2.75) is 50.8 Å². The molecule has 1 saturated carbocycles. The van der Waals surface area contributed by atoms with Gasteiger partial charge in [0.25, 0.3) is 0 Å². The van der Waals surface area contributed by atoms with Crippen LogP contribution in [-0.4, -0.2) is 41.2 Å². The zero-order chi connectivity index (χ0) is 25.7. The van der Waals surface area contributed by atoms with Gasteiger partial charge in [0.2, 0.25) is 5.91 Å². The van der Waals surface area contributed by atoms with Gasteiger partial charge in [0.05, 0.1) is 29.9 Å². The van der Waals surface area contributed by atoms with E-state index >= 15 is 0 Å². The molecule has 1 aliphatic carbocycles. The van der Waals surface area contributed by atoms with Crippen LogP contribution in [0.5, 0.6) is 0 Å². The smallest absolute Gasteiger partial charge is 0.248 e. The van der Waals surface area contributed by atoms with Crippen LogP contribution in [0.3, 0.4) is 0 Å². The fourth-order valence-corrected chi connectivity index (χ4v) is 5.64. The van der Waals surface area contributed by atoms with Crippen LogP contribution in [0.2, 0.25) is 0 Å². The van der Waals surface area contributed by atoms with Crippen molar-refractivity contribution in [1.82, 2.24) is 24.5 Å². The van der Waals surface area contributed by atoms with E-state index in [0.29, 0.717) is 29.3 Å². The first kappa shape index (κ1) is 23.3. The van der Waals surface area contributed by atoms with Gasteiger partial charge in [-0.15, -0.1) is 0 Å². The minimum atomic E-state index is -1.08. The molecule has 1 amide bonds. The standard InChI is InChI=1S/C28H27FN6O2/c1-17-12-18(9-11-31-17)25-22-13-19(27(30)36)7-8-24(22)35(33-25)21-5-3-10-28(37,14-21)16-34-26-20(15-32-34)4-2-6-23(26)29/h2,4,6-9,11-13,15,21,37H,3,5,10,14,16H2,1H3,(H2,30,36). The Morgan fingerprint density at radius 3 is 2.92 bits per heavy atom. The molecule has 0 saturated heterocycles. The molecule has 0 aliphatic heterocycles.